The summed E-state index contributed by atoms with van der Waals surface area (Å²) in [4.78, 5) is 23.6. The molecule has 0 aliphatic heterocycles. The number of hydrogen-bond acceptors (Lipinski definition) is 3. The van der Waals surface area contributed by atoms with Crippen LogP contribution in [0.25, 0.3) is 0 Å². The normalized spacial score (nSPS) is 10.2. The van der Waals surface area contributed by atoms with Crippen LogP contribution in [0.5, 0.6) is 0 Å². The van der Waals surface area contributed by atoms with Crippen LogP contribution in [0, 0.1) is 13.8 Å². The number of carbonyl (C=O) groups is 2. The first-order chi connectivity index (χ1) is 11.0. The van der Waals surface area contributed by atoms with Crippen LogP contribution in [-0.2, 0) is 16.1 Å². The molecular weight excluding hydrogens is 314 g/mol. The number of ether oxygens (including phenoxy) is 1. The van der Waals surface area contributed by atoms with Crippen molar-refractivity contribution in [2.45, 2.75) is 20.4 Å². The number of hydrogen-bond donors (Lipinski definition) is 1. The van der Waals surface area contributed by atoms with Crippen LogP contribution in [0.4, 0.5) is 0 Å². The van der Waals surface area contributed by atoms with E-state index in [1.165, 1.54) is 17.2 Å². The number of benzene rings is 2. The van der Waals surface area contributed by atoms with E-state index in [2.05, 4.69) is 5.32 Å². The van der Waals surface area contributed by atoms with E-state index in [0.717, 1.165) is 5.56 Å². The zero-order valence-corrected chi connectivity index (χ0v) is 13.8. The van der Waals surface area contributed by atoms with Gasteiger partial charge in [-0.1, -0.05) is 35.9 Å². The topological polar surface area (TPSA) is 55.4 Å². The molecule has 0 spiro atoms. The van der Waals surface area contributed by atoms with E-state index >= 15 is 0 Å². The summed E-state index contributed by atoms with van der Waals surface area (Å²) < 4.78 is 4.97. The SMILES string of the molecule is Cc1ccc(CNC(=O)COC(=O)c2cccc(Cl)c2)cc1C. The standard InChI is InChI=1S/C18H18ClNO3/c1-12-6-7-14(8-13(12)2)10-20-17(21)11-23-18(22)15-4-3-5-16(19)9-15/h3-9H,10-11H2,1-2H3,(H,20,21). The van der Waals surface area contributed by atoms with Gasteiger partial charge in [-0.3, -0.25) is 4.79 Å². The van der Waals surface area contributed by atoms with Gasteiger partial charge in [-0.2, -0.15) is 0 Å². The molecule has 0 aliphatic rings. The Labute approximate surface area is 140 Å². The molecule has 1 N–H and O–H groups in total. The van der Waals surface area contributed by atoms with Crippen LogP contribution in [-0.4, -0.2) is 18.5 Å². The van der Waals surface area contributed by atoms with Crippen LogP contribution < -0.4 is 5.32 Å². The third-order valence-corrected chi connectivity index (χ3v) is 3.69. The molecule has 0 heterocycles. The molecule has 0 unspecified atom stereocenters. The summed E-state index contributed by atoms with van der Waals surface area (Å²) in [5.74, 6) is -0.924. The van der Waals surface area contributed by atoms with Gasteiger partial charge in [0.2, 0.25) is 0 Å². The summed E-state index contributed by atoms with van der Waals surface area (Å²) in [5, 5.41) is 3.16. The first-order valence-electron chi connectivity index (χ1n) is 7.21. The minimum absolute atomic E-state index is 0.319. The van der Waals surface area contributed by atoms with Gasteiger partial charge in [-0.25, -0.2) is 4.79 Å². The van der Waals surface area contributed by atoms with Crippen molar-refractivity contribution in [3.05, 3.63) is 69.7 Å². The van der Waals surface area contributed by atoms with Crippen LogP contribution in [0.15, 0.2) is 42.5 Å². The number of rotatable bonds is 5. The summed E-state index contributed by atoms with van der Waals surface area (Å²) in [7, 11) is 0. The first kappa shape index (κ1) is 17.0. The van der Waals surface area contributed by atoms with E-state index < -0.39 is 5.97 Å². The molecule has 2 rings (SSSR count). The molecule has 0 saturated heterocycles. The third-order valence-electron chi connectivity index (χ3n) is 3.46. The minimum Gasteiger partial charge on any atom is -0.452 e. The van der Waals surface area contributed by atoms with E-state index in [1.807, 2.05) is 32.0 Å². The monoisotopic (exact) mass is 331 g/mol. The van der Waals surface area contributed by atoms with E-state index in [9.17, 15) is 9.59 Å². The quantitative estimate of drug-likeness (QED) is 0.854. The molecule has 0 bridgehead atoms. The molecule has 5 heteroatoms. The predicted octanol–water partition coefficient (Wildman–Crippen LogP) is 3.43. The van der Waals surface area contributed by atoms with E-state index in [4.69, 9.17) is 16.3 Å². The van der Waals surface area contributed by atoms with Crippen LogP contribution in [0.2, 0.25) is 5.02 Å². The van der Waals surface area contributed by atoms with Gasteiger partial charge in [0.25, 0.3) is 5.91 Å². The predicted molar refractivity (Wildman–Crippen MR) is 89.5 cm³/mol. The Hall–Kier alpha value is -2.33. The van der Waals surface area contributed by atoms with Crippen molar-refractivity contribution in [2.75, 3.05) is 6.61 Å². The van der Waals surface area contributed by atoms with Crippen LogP contribution >= 0.6 is 11.6 Å². The molecule has 1 amide bonds. The lowest BCUT2D eigenvalue weighted by atomic mass is 10.1. The van der Waals surface area contributed by atoms with Crippen molar-refractivity contribution >= 4 is 23.5 Å². The lowest BCUT2D eigenvalue weighted by molar-refractivity contribution is -0.124. The Morgan fingerprint density at radius 3 is 2.57 bits per heavy atom. The average molecular weight is 332 g/mol. The van der Waals surface area contributed by atoms with E-state index in [1.54, 1.807) is 18.2 Å². The smallest absolute Gasteiger partial charge is 0.338 e. The Morgan fingerprint density at radius 2 is 1.87 bits per heavy atom. The fourth-order valence-electron chi connectivity index (χ4n) is 2.00. The molecule has 120 valence electrons. The third kappa shape index (κ3) is 5.11. The molecule has 0 fully saturated rings. The largest absolute Gasteiger partial charge is 0.452 e. The highest BCUT2D eigenvalue weighted by molar-refractivity contribution is 6.30. The van der Waals surface area contributed by atoms with Gasteiger partial charge in [0.05, 0.1) is 5.56 Å². The zero-order chi connectivity index (χ0) is 16.8. The average Bonchev–Trinajstić information content (AvgIpc) is 2.53. The molecular formula is C18H18ClNO3. The maximum atomic E-state index is 11.8. The number of nitrogens with one attached hydrogen (secondary N) is 1. The highest BCUT2D eigenvalue weighted by Crippen LogP contribution is 2.12. The van der Waals surface area contributed by atoms with Gasteiger partial charge in [-0.15, -0.1) is 0 Å². The second-order valence-corrected chi connectivity index (χ2v) is 5.72. The van der Waals surface area contributed by atoms with Crippen molar-refractivity contribution < 1.29 is 14.3 Å². The maximum Gasteiger partial charge on any atom is 0.338 e. The number of aryl methyl sites for hydroxylation is 2. The fourth-order valence-corrected chi connectivity index (χ4v) is 2.19. The summed E-state index contributed by atoms with van der Waals surface area (Å²) in [5.41, 5.74) is 3.70. The van der Waals surface area contributed by atoms with E-state index in [0.29, 0.717) is 17.1 Å². The molecule has 0 radical (unpaired) electrons. The second-order valence-electron chi connectivity index (χ2n) is 5.28. The Bertz CT molecular complexity index is 728. The van der Waals surface area contributed by atoms with Crippen molar-refractivity contribution in [3.8, 4) is 0 Å². The Balaban J connectivity index is 1.81. The van der Waals surface area contributed by atoms with Crippen molar-refractivity contribution in [3.63, 3.8) is 0 Å². The second kappa shape index (κ2) is 7.79. The van der Waals surface area contributed by atoms with Crippen LogP contribution in [0.3, 0.4) is 0 Å². The highest BCUT2D eigenvalue weighted by atomic mass is 35.5. The molecule has 0 aromatic heterocycles. The van der Waals surface area contributed by atoms with Crippen molar-refractivity contribution in [1.29, 1.82) is 0 Å². The summed E-state index contributed by atoms with van der Waals surface area (Å²) in [6.45, 7) is 4.13. The summed E-state index contributed by atoms with van der Waals surface area (Å²) in [6.07, 6.45) is 0. The van der Waals surface area contributed by atoms with Gasteiger partial charge in [0.1, 0.15) is 0 Å². The lowest BCUT2D eigenvalue weighted by Gasteiger charge is -2.08. The van der Waals surface area contributed by atoms with Gasteiger partial charge in [-0.05, 0) is 48.7 Å². The number of esters is 1. The molecule has 2 aromatic carbocycles. The van der Waals surface area contributed by atoms with Crippen molar-refractivity contribution in [2.24, 2.45) is 0 Å². The van der Waals surface area contributed by atoms with E-state index in [-0.39, 0.29) is 12.5 Å². The molecule has 0 saturated carbocycles. The molecule has 2 aromatic rings. The van der Waals surface area contributed by atoms with Gasteiger partial charge in [0, 0.05) is 11.6 Å². The number of amides is 1. The molecule has 0 aliphatic carbocycles. The number of carbonyl (C=O) groups excluding carboxylic acids is 2. The van der Waals surface area contributed by atoms with Crippen molar-refractivity contribution in [1.82, 2.24) is 5.32 Å². The lowest BCUT2D eigenvalue weighted by Crippen LogP contribution is -2.28. The molecule has 4 nitrogen and oxygen atoms in total. The highest BCUT2D eigenvalue weighted by Gasteiger charge is 2.10. The molecule has 23 heavy (non-hydrogen) atoms. The Morgan fingerprint density at radius 1 is 1.09 bits per heavy atom. The van der Waals surface area contributed by atoms with Gasteiger partial charge in [0.15, 0.2) is 6.61 Å². The fraction of sp³-hybridized carbons (Fsp3) is 0.222. The van der Waals surface area contributed by atoms with Gasteiger partial charge >= 0.3 is 5.97 Å². The Kier molecular flexibility index (Phi) is 5.77. The number of halogens is 1. The maximum absolute atomic E-state index is 11.8. The van der Waals surface area contributed by atoms with Crippen LogP contribution in [0.1, 0.15) is 27.0 Å². The summed E-state index contributed by atoms with van der Waals surface area (Å²) >= 11 is 5.81. The summed E-state index contributed by atoms with van der Waals surface area (Å²) in [6, 6.07) is 12.4. The zero-order valence-electron chi connectivity index (χ0n) is 13.1. The molecule has 0 atom stereocenters. The minimum atomic E-state index is -0.575. The van der Waals surface area contributed by atoms with Gasteiger partial charge < -0.3 is 10.1 Å². The first-order valence-corrected chi connectivity index (χ1v) is 7.59.